The van der Waals surface area contributed by atoms with E-state index in [4.69, 9.17) is 0 Å². The summed E-state index contributed by atoms with van der Waals surface area (Å²) in [6, 6.07) is 9.10. The van der Waals surface area contributed by atoms with E-state index < -0.39 is 0 Å². The van der Waals surface area contributed by atoms with E-state index in [1.54, 1.807) is 0 Å². The van der Waals surface area contributed by atoms with Crippen LogP contribution in [0.25, 0.3) is 0 Å². The maximum Gasteiger partial charge on any atom is 0.00616 e. The Balaban J connectivity index is 2.74. The van der Waals surface area contributed by atoms with E-state index in [-0.39, 0.29) is 0 Å². The average molecular weight is 316 g/mol. The third kappa shape index (κ3) is 4.13. The summed E-state index contributed by atoms with van der Waals surface area (Å²) in [4.78, 5) is 0. The number of hydrogen-bond acceptors (Lipinski definition) is 0. The van der Waals surface area contributed by atoms with Gasteiger partial charge in [0, 0.05) is 4.43 Å². The van der Waals surface area contributed by atoms with Crippen LogP contribution < -0.4 is 0 Å². The van der Waals surface area contributed by atoms with E-state index in [0.717, 1.165) is 5.92 Å². The molecule has 0 saturated heterocycles. The molecule has 1 aromatic rings. The molecule has 0 amide bonds. The van der Waals surface area contributed by atoms with Gasteiger partial charge in [-0.1, -0.05) is 74.0 Å². The predicted molar refractivity (Wildman–Crippen MR) is 76.9 cm³/mol. The Hall–Kier alpha value is -0.0500. The van der Waals surface area contributed by atoms with Gasteiger partial charge in [-0.2, -0.15) is 0 Å². The Kier molecular flexibility index (Phi) is 5.65. The number of benzene rings is 1. The van der Waals surface area contributed by atoms with Crippen LogP contribution in [0.15, 0.2) is 24.3 Å². The molecule has 0 bridgehead atoms. The van der Waals surface area contributed by atoms with Crippen molar-refractivity contribution < 1.29 is 0 Å². The van der Waals surface area contributed by atoms with Crippen LogP contribution >= 0.6 is 22.6 Å². The molecule has 1 rings (SSSR count). The first kappa shape index (κ1) is 13.0. The minimum Gasteiger partial charge on any atom is -0.0857 e. The number of rotatable bonds is 5. The standard InChI is InChI=1S/C14H21I/c1-4-11(2)8-13-6-5-7-14(9-13)12(3)10-15/h5-7,9,11-12H,4,8,10H2,1-3H3. The summed E-state index contributed by atoms with van der Waals surface area (Å²) >= 11 is 2.46. The van der Waals surface area contributed by atoms with Crippen molar-refractivity contribution in [3.8, 4) is 0 Å². The highest BCUT2D eigenvalue weighted by atomic mass is 127. The molecular weight excluding hydrogens is 295 g/mol. The molecular formula is C14H21I. The lowest BCUT2D eigenvalue weighted by Gasteiger charge is -2.12. The lowest BCUT2D eigenvalue weighted by Crippen LogP contribution is -2.00. The fraction of sp³-hybridized carbons (Fsp3) is 0.571. The second kappa shape index (κ2) is 6.51. The third-order valence-corrected chi connectivity index (χ3v) is 4.35. The van der Waals surface area contributed by atoms with Gasteiger partial charge in [0.1, 0.15) is 0 Å². The molecule has 0 radical (unpaired) electrons. The quantitative estimate of drug-likeness (QED) is 0.540. The zero-order chi connectivity index (χ0) is 11.3. The predicted octanol–water partition coefficient (Wildman–Crippen LogP) is 4.81. The van der Waals surface area contributed by atoms with Gasteiger partial charge in [-0.05, 0) is 29.4 Å². The number of hydrogen-bond donors (Lipinski definition) is 0. The van der Waals surface area contributed by atoms with Crippen molar-refractivity contribution in [1.82, 2.24) is 0 Å². The minimum absolute atomic E-state index is 0.683. The molecule has 1 aromatic carbocycles. The van der Waals surface area contributed by atoms with Gasteiger partial charge >= 0.3 is 0 Å². The summed E-state index contributed by atoms with van der Waals surface area (Å²) in [5.74, 6) is 1.48. The van der Waals surface area contributed by atoms with Crippen molar-refractivity contribution in [2.24, 2.45) is 5.92 Å². The Morgan fingerprint density at radius 1 is 1.27 bits per heavy atom. The number of halogens is 1. The van der Waals surface area contributed by atoms with Gasteiger partial charge in [-0.25, -0.2) is 0 Å². The average Bonchev–Trinajstić information content (AvgIpc) is 2.28. The van der Waals surface area contributed by atoms with Gasteiger partial charge in [0.05, 0.1) is 0 Å². The topological polar surface area (TPSA) is 0 Å². The zero-order valence-corrected chi connectivity index (χ0v) is 12.1. The van der Waals surface area contributed by atoms with Crippen LogP contribution in [0.2, 0.25) is 0 Å². The summed E-state index contributed by atoms with van der Waals surface area (Å²) in [5.41, 5.74) is 2.99. The maximum atomic E-state index is 2.46. The van der Waals surface area contributed by atoms with E-state index in [0.29, 0.717) is 5.92 Å². The molecule has 0 heterocycles. The van der Waals surface area contributed by atoms with E-state index >= 15 is 0 Å². The highest BCUT2D eigenvalue weighted by molar-refractivity contribution is 14.1. The molecule has 1 heteroatoms. The Morgan fingerprint density at radius 3 is 2.60 bits per heavy atom. The molecule has 0 aliphatic heterocycles. The summed E-state index contributed by atoms with van der Waals surface area (Å²) in [5, 5.41) is 0. The van der Waals surface area contributed by atoms with Crippen molar-refractivity contribution in [2.75, 3.05) is 4.43 Å². The van der Waals surface area contributed by atoms with Gasteiger partial charge in [-0.3, -0.25) is 0 Å². The molecule has 0 saturated carbocycles. The van der Waals surface area contributed by atoms with E-state index in [9.17, 15) is 0 Å². The smallest absolute Gasteiger partial charge is 0.00616 e. The first-order valence-corrected chi connectivity index (χ1v) is 7.34. The van der Waals surface area contributed by atoms with Gasteiger partial charge < -0.3 is 0 Å². The molecule has 0 aromatic heterocycles. The SMILES string of the molecule is CCC(C)Cc1cccc(C(C)CI)c1. The molecule has 0 fully saturated rings. The first-order chi connectivity index (χ1) is 7.17. The molecule has 15 heavy (non-hydrogen) atoms. The zero-order valence-electron chi connectivity index (χ0n) is 9.96. The normalized spacial score (nSPS) is 14.9. The largest absolute Gasteiger partial charge is 0.0857 e. The highest BCUT2D eigenvalue weighted by Crippen LogP contribution is 2.20. The van der Waals surface area contributed by atoms with Gasteiger partial charge in [0.2, 0.25) is 0 Å². The van der Waals surface area contributed by atoms with E-state index in [1.807, 2.05) is 0 Å². The van der Waals surface area contributed by atoms with Crippen LogP contribution in [-0.4, -0.2) is 4.43 Å². The van der Waals surface area contributed by atoms with Crippen LogP contribution in [0.1, 0.15) is 44.2 Å². The summed E-state index contributed by atoms with van der Waals surface area (Å²) in [7, 11) is 0. The minimum atomic E-state index is 0.683. The van der Waals surface area contributed by atoms with E-state index in [2.05, 4.69) is 67.6 Å². The number of alkyl halides is 1. The molecule has 0 aliphatic carbocycles. The monoisotopic (exact) mass is 316 g/mol. The summed E-state index contributed by atoms with van der Waals surface area (Å²) < 4.78 is 1.20. The second-order valence-electron chi connectivity index (χ2n) is 4.52. The van der Waals surface area contributed by atoms with Crippen LogP contribution in [0.5, 0.6) is 0 Å². The molecule has 0 aliphatic rings. The first-order valence-electron chi connectivity index (χ1n) is 5.82. The third-order valence-electron chi connectivity index (χ3n) is 3.03. The Bertz CT molecular complexity index is 293. The van der Waals surface area contributed by atoms with Crippen molar-refractivity contribution >= 4 is 22.6 Å². The molecule has 2 atom stereocenters. The fourth-order valence-electron chi connectivity index (χ4n) is 1.66. The van der Waals surface area contributed by atoms with Gasteiger partial charge in [-0.15, -0.1) is 0 Å². The van der Waals surface area contributed by atoms with Crippen molar-refractivity contribution in [3.05, 3.63) is 35.4 Å². The molecule has 0 nitrogen and oxygen atoms in total. The second-order valence-corrected chi connectivity index (χ2v) is 5.40. The highest BCUT2D eigenvalue weighted by Gasteiger charge is 2.06. The molecule has 2 unspecified atom stereocenters. The van der Waals surface area contributed by atoms with Crippen LogP contribution in [0.4, 0.5) is 0 Å². The lowest BCUT2D eigenvalue weighted by molar-refractivity contribution is 0.560. The summed E-state index contributed by atoms with van der Waals surface area (Å²) in [6.45, 7) is 6.89. The van der Waals surface area contributed by atoms with E-state index in [1.165, 1.54) is 28.4 Å². The Labute approximate surface area is 108 Å². The van der Waals surface area contributed by atoms with Crippen molar-refractivity contribution in [3.63, 3.8) is 0 Å². The summed E-state index contributed by atoms with van der Waals surface area (Å²) in [6.07, 6.45) is 2.49. The van der Waals surface area contributed by atoms with Crippen LogP contribution in [-0.2, 0) is 6.42 Å². The fourth-order valence-corrected chi connectivity index (χ4v) is 2.17. The molecule has 0 N–H and O–H groups in total. The van der Waals surface area contributed by atoms with Gasteiger partial charge in [0.25, 0.3) is 0 Å². The van der Waals surface area contributed by atoms with Crippen molar-refractivity contribution in [2.45, 2.75) is 39.5 Å². The lowest BCUT2D eigenvalue weighted by atomic mass is 9.95. The van der Waals surface area contributed by atoms with Crippen molar-refractivity contribution in [1.29, 1.82) is 0 Å². The van der Waals surface area contributed by atoms with Gasteiger partial charge in [0.15, 0.2) is 0 Å². The maximum absolute atomic E-state index is 2.46. The molecule has 0 spiro atoms. The van der Waals surface area contributed by atoms with Crippen LogP contribution in [0.3, 0.4) is 0 Å². The van der Waals surface area contributed by atoms with Crippen LogP contribution in [0, 0.1) is 5.92 Å². The Morgan fingerprint density at radius 2 is 2.00 bits per heavy atom. The molecule has 84 valence electrons.